The Kier molecular flexibility index (Phi) is 6.56. The molecule has 1 unspecified atom stereocenters. The second kappa shape index (κ2) is 8.17. The topological polar surface area (TPSA) is 90.0 Å². The third-order valence-electron chi connectivity index (χ3n) is 3.38. The van der Waals surface area contributed by atoms with Gasteiger partial charge in [-0.25, -0.2) is 0 Å². The monoisotopic (exact) mass is 304 g/mol. The van der Waals surface area contributed by atoms with Crippen molar-refractivity contribution in [3.8, 4) is 0 Å². The normalized spacial score (nSPS) is 11.5. The van der Waals surface area contributed by atoms with Crippen LogP contribution in [0.1, 0.15) is 38.3 Å². The fourth-order valence-corrected chi connectivity index (χ4v) is 2.26. The fourth-order valence-electron chi connectivity index (χ4n) is 2.26. The van der Waals surface area contributed by atoms with Crippen LogP contribution < -0.4 is 11.1 Å². The molecule has 3 N–H and O–H groups in total. The van der Waals surface area contributed by atoms with Crippen LogP contribution in [-0.2, 0) is 16.6 Å². The molecule has 1 atom stereocenters. The first-order chi connectivity index (χ1) is 10.6. The van der Waals surface area contributed by atoms with Gasteiger partial charge in [0.05, 0.1) is 17.1 Å². The lowest BCUT2D eigenvalue weighted by atomic mass is 9.98. The van der Waals surface area contributed by atoms with Crippen molar-refractivity contribution in [3.05, 3.63) is 23.9 Å². The van der Waals surface area contributed by atoms with Crippen LogP contribution in [0.5, 0.6) is 0 Å². The minimum Gasteiger partial charge on any atom is -0.399 e. The zero-order valence-electron chi connectivity index (χ0n) is 13.6. The van der Waals surface area contributed by atoms with Crippen molar-refractivity contribution in [2.75, 3.05) is 12.8 Å². The molecule has 6 heteroatoms. The third kappa shape index (κ3) is 3.84. The van der Waals surface area contributed by atoms with Crippen LogP contribution in [0.4, 0.5) is 5.69 Å². The lowest BCUT2D eigenvalue weighted by Crippen LogP contribution is -2.18. The van der Waals surface area contributed by atoms with Gasteiger partial charge in [0.25, 0.3) is 0 Å². The molecule has 0 radical (unpaired) electrons. The lowest BCUT2D eigenvalue weighted by molar-refractivity contribution is -0.120. The summed E-state index contributed by atoms with van der Waals surface area (Å²) in [5.41, 5.74) is 7.99. The van der Waals surface area contributed by atoms with Gasteiger partial charge in [0.15, 0.2) is 0 Å². The van der Waals surface area contributed by atoms with Crippen LogP contribution in [0.25, 0.3) is 10.9 Å². The number of nitrogens with two attached hydrogens (primary N) is 1. The third-order valence-corrected chi connectivity index (χ3v) is 3.38. The van der Waals surface area contributed by atoms with Crippen molar-refractivity contribution in [3.63, 3.8) is 0 Å². The van der Waals surface area contributed by atoms with Crippen LogP contribution in [0.15, 0.2) is 18.2 Å². The van der Waals surface area contributed by atoms with Gasteiger partial charge in [-0.15, -0.1) is 0 Å². The van der Waals surface area contributed by atoms with E-state index in [9.17, 15) is 9.59 Å². The zero-order chi connectivity index (χ0) is 16.7. The summed E-state index contributed by atoms with van der Waals surface area (Å²) >= 11 is 0. The van der Waals surface area contributed by atoms with Crippen LogP contribution >= 0.6 is 0 Å². The Morgan fingerprint density at radius 3 is 2.73 bits per heavy atom. The average Bonchev–Trinajstić information content (AvgIpc) is 2.86. The Hall–Kier alpha value is -2.37. The SMILES string of the molecule is CC.CNC(=O)CCC(C=O)c1nn(C)c2cc(N)ccc12. The number of nitrogens with zero attached hydrogens (tertiary/aromatic N) is 2. The maximum atomic E-state index is 11.3. The van der Waals surface area contributed by atoms with Gasteiger partial charge in [-0.2, -0.15) is 5.10 Å². The highest BCUT2D eigenvalue weighted by atomic mass is 16.1. The van der Waals surface area contributed by atoms with Crippen LogP contribution in [-0.4, -0.2) is 29.0 Å². The molecular weight excluding hydrogens is 280 g/mol. The standard InChI is InChI=1S/C14H18N4O2.C2H6/c1-16-13(20)6-3-9(8-19)14-11-5-4-10(15)7-12(11)18(2)17-14;1-2/h4-5,7-9H,3,6,15H2,1-2H3,(H,16,20);1-2H3. The first-order valence-electron chi connectivity index (χ1n) is 7.44. The molecule has 2 rings (SSSR count). The summed E-state index contributed by atoms with van der Waals surface area (Å²) in [5, 5.41) is 7.85. The number of anilines is 1. The molecule has 120 valence electrons. The number of nitrogens with one attached hydrogen (secondary N) is 1. The Bertz CT molecular complexity index is 649. The van der Waals surface area contributed by atoms with Gasteiger partial charge in [-0.05, 0) is 24.6 Å². The number of fused-ring (bicyclic) bond motifs is 1. The van der Waals surface area contributed by atoms with Crippen molar-refractivity contribution < 1.29 is 9.59 Å². The molecule has 2 aromatic rings. The largest absolute Gasteiger partial charge is 0.399 e. The van der Waals surface area contributed by atoms with Gasteiger partial charge in [0.1, 0.15) is 6.29 Å². The number of rotatable bonds is 5. The smallest absolute Gasteiger partial charge is 0.219 e. The molecule has 0 bridgehead atoms. The Morgan fingerprint density at radius 2 is 2.14 bits per heavy atom. The molecule has 0 saturated heterocycles. The summed E-state index contributed by atoms with van der Waals surface area (Å²) in [6.07, 6.45) is 1.59. The summed E-state index contributed by atoms with van der Waals surface area (Å²) in [6, 6.07) is 5.48. The predicted octanol–water partition coefficient (Wildman–Crippen LogP) is 1.99. The minimum absolute atomic E-state index is 0.0821. The van der Waals surface area contributed by atoms with Crippen LogP contribution in [0.3, 0.4) is 0 Å². The Labute approximate surface area is 130 Å². The van der Waals surface area contributed by atoms with Gasteiger partial charge in [0, 0.05) is 31.6 Å². The van der Waals surface area contributed by atoms with E-state index in [1.54, 1.807) is 17.8 Å². The number of nitrogen functional groups attached to an aromatic ring is 1. The highest BCUT2D eigenvalue weighted by Crippen LogP contribution is 2.27. The van der Waals surface area contributed by atoms with Crippen molar-refractivity contribution in [2.24, 2.45) is 7.05 Å². The highest BCUT2D eigenvalue weighted by molar-refractivity contribution is 5.87. The molecule has 0 fully saturated rings. The summed E-state index contributed by atoms with van der Waals surface area (Å²) < 4.78 is 1.71. The highest BCUT2D eigenvalue weighted by Gasteiger charge is 2.19. The lowest BCUT2D eigenvalue weighted by Gasteiger charge is -2.07. The maximum absolute atomic E-state index is 11.3. The first kappa shape index (κ1) is 17.7. The molecule has 0 aliphatic heterocycles. The van der Waals surface area contributed by atoms with E-state index < -0.39 is 0 Å². The van der Waals surface area contributed by atoms with E-state index in [0.29, 0.717) is 24.2 Å². The molecule has 22 heavy (non-hydrogen) atoms. The van der Waals surface area contributed by atoms with E-state index in [1.807, 2.05) is 33.0 Å². The van der Waals surface area contributed by atoms with Gasteiger partial charge < -0.3 is 15.8 Å². The number of benzene rings is 1. The number of hydrogen-bond acceptors (Lipinski definition) is 4. The fraction of sp³-hybridized carbons (Fsp3) is 0.438. The van der Waals surface area contributed by atoms with E-state index in [2.05, 4.69) is 10.4 Å². The van der Waals surface area contributed by atoms with Crippen molar-refractivity contribution in [2.45, 2.75) is 32.6 Å². The summed E-state index contributed by atoms with van der Waals surface area (Å²) in [5.74, 6) is -0.471. The van der Waals surface area contributed by atoms with Gasteiger partial charge in [-0.1, -0.05) is 13.8 Å². The Balaban J connectivity index is 0.00000116. The summed E-state index contributed by atoms with van der Waals surface area (Å²) in [4.78, 5) is 22.6. The zero-order valence-corrected chi connectivity index (χ0v) is 13.6. The van der Waals surface area contributed by atoms with E-state index in [4.69, 9.17) is 5.73 Å². The second-order valence-corrected chi connectivity index (χ2v) is 4.74. The molecule has 0 aliphatic rings. The van der Waals surface area contributed by atoms with Crippen LogP contribution in [0.2, 0.25) is 0 Å². The molecule has 0 spiro atoms. The van der Waals surface area contributed by atoms with E-state index >= 15 is 0 Å². The van der Waals surface area contributed by atoms with Crippen molar-refractivity contribution >= 4 is 28.8 Å². The average molecular weight is 304 g/mol. The van der Waals surface area contributed by atoms with E-state index in [1.165, 1.54) is 0 Å². The second-order valence-electron chi connectivity index (χ2n) is 4.74. The molecule has 1 heterocycles. The molecule has 1 amide bonds. The number of carbonyl (C=O) groups is 2. The predicted molar refractivity (Wildman–Crippen MR) is 88.6 cm³/mol. The number of hydrogen-bond donors (Lipinski definition) is 2. The quantitative estimate of drug-likeness (QED) is 0.653. The van der Waals surface area contributed by atoms with Crippen molar-refractivity contribution in [1.29, 1.82) is 0 Å². The molecule has 1 aromatic carbocycles. The maximum Gasteiger partial charge on any atom is 0.219 e. The molecule has 1 aromatic heterocycles. The summed E-state index contributed by atoms with van der Waals surface area (Å²) in [6.45, 7) is 4.00. The first-order valence-corrected chi connectivity index (χ1v) is 7.44. The van der Waals surface area contributed by atoms with Gasteiger partial charge in [-0.3, -0.25) is 9.48 Å². The molecule has 0 aliphatic carbocycles. The number of amides is 1. The Morgan fingerprint density at radius 1 is 1.45 bits per heavy atom. The number of aldehydes is 1. The number of aromatic nitrogens is 2. The van der Waals surface area contributed by atoms with Crippen molar-refractivity contribution in [1.82, 2.24) is 15.1 Å². The van der Waals surface area contributed by atoms with E-state index in [-0.39, 0.29) is 11.8 Å². The number of carbonyl (C=O) groups excluding carboxylic acids is 2. The van der Waals surface area contributed by atoms with Crippen LogP contribution in [0, 0.1) is 0 Å². The van der Waals surface area contributed by atoms with Gasteiger partial charge in [0.2, 0.25) is 5.91 Å². The molecular formula is C16H24N4O2. The van der Waals surface area contributed by atoms with E-state index in [0.717, 1.165) is 17.2 Å². The summed E-state index contributed by atoms with van der Waals surface area (Å²) in [7, 11) is 3.39. The van der Waals surface area contributed by atoms with Gasteiger partial charge >= 0.3 is 0 Å². The minimum atomic E-state index is -0.389. The molecule has 6 nitrogen and oxygen atoms in total. The number of aryl methyl sites for hydroxylation is 1. The molecule has 0 saturated carbocycles.